The van der Waals surface area contributed by atoms with E-state index >= 15 is 0 Å². The van der Waals surface area contributed by atoms with E-state index in [0.717, 1.165) is 56.2 Å². The molecule has 152 valence electrons. The Morgan fingerprint density at radius 1 is 1.25 bits per heavy atom. The molecular weight excluding hydrogens is 354 g/mol. The highest BCUT2D eigenvalue weighted by atomic mass is 16.5. The maximum absolute atomic E-state index is 12.6. The van der Waals surface area contributed by atoms with Gasteiger partial charge >= 0.3 is 0 Å². The van der Waals surface area contributed by atoms with Crippen LogP contribution >= 0.6 is 0 Å². The third-order valence-corrected chi connectivity index (χ3v) is 5.52. The van der Waals surface area contributed by atoms with Crippen LogP contribution in [0.5, 0.6) is 5.75 Å². The molecule has 0 aliphatic carbocycles. The second kappa shape index (κ2) is 10.3. The molecule has 1 aromatic heterocycles. The van der Waals surface area contributed by atoms with Gasteiger partial charge in [-0.25, -0.2) is 0 Å². The molecule has 0 unspecified atom stereocenters. The van der Waals surface area contributed by atoms with Crippen molar-refractivity contribution in [3.05, 3.63) is 47.9 Å². The Morgan fingerprint density at radius 3 is 2.79 bits per heavy atom. The SMILES string of the molecule is CCN(CC)C(=O)C[C@H]1CCNC[C@@H]1Cc1cc(COc2ccccc2)on1. The van der Waals surface area contributed by atoms with Gasteiger partial charge in [0, 0.05) is 25.6 Å². The van der Waals surface area contributed by atoms with Crippen molar-refractivity contribution in [1.29, 1.82) is 0 Å². The van der Waals surface area contributed by atoms with E-state index in [1.807, 2.05) is 55.1 Å². The van der Waals surface area contributed by atoms with Crippen LogP contribution in [0.25, 0.3) is 0 Å². The van der Waals surface area contributed by atoms with Crippen LogP contribution < -0.4 is 10.1 Å². The lowest BCUT2D eigenvalue weighted by Crippen LogP contribution is -2.41. The van der Waals surface area contributed by atoms with Crippen LogP contribution in [0.15, 0.2) is 40.9 Å². The number of nitrogens with zero attached hydrogens (tertiary/aromatic N) is 2. The van der Waals surface area contributed by atoms with Crippen molar-refractivity contribution in [1.82, 2.24) is 15.4 Å². The molecule has 0 spiro atoms. The summed E-state index contributed by atoms with van der Waals surface area (Å²) in [6.45, 7) is 7.88. The predicted octanol–water partition coefficient (Wildman–Crippen LogP) is 3.28. The average molecular weight is 386 g/mol. The third kappa shape index (κ3) is 5.58. The van der Waals surface area contributed by atoms with Crippen LogP contribution in [0.2, 0.25) is 0 Å². The molecule has 1 N–H and O–H groups in total. The Bertz CT molecular complexity index is 728. The second-order valence-corrected chi connectivity index (χ2v) is 7.37. The molecule has 2 heterocycles. The van der Waals surface area contributed by atoms with Crippen molar-refractivity contribution in [3.63, 3.8) is 0 Å². The fourth-order valence-corrected chi connectivity index (χ4v) is 3.87. The first-order valence-electron chi connectivity index (χ1n) is 10.3. The van der Waals surface area contributed by atoms with Gasteiger partial charge in [0.25, 0.3) is 0 Å². The fourth-order valence-electron chi connectivity index (χ4n) is 3.87. The first-order chi connectivity index (χ1) is 13.7. The number of para-hydroxylation sites is 1. The van der Waals surface area contributed by atoms with Gasteiger partial charge < -0.3 is 19.5 Å². The van der Waals surface area contributed by atoms with E-state index in [2.05, 4.69) is 10.5 Å². The summed E-state index contributed by atoms with van der Waals surface area (Å²) in [5.74, 6) is 2.57. The Hall–Kier alpha value is -2.34. The number of nitrogens with one attached hydrogen (secondary N) is 1. The fraction of sp³-hybridized carbons (Fsp3) is 0.545. The quantitative estimate of drug-likeness (QED) is 0.717. The highest BCUT2D eigenvalue weighted by molar-refractivity contribution is 5.76. The minimum absolute atomic E-state index is 0.263. The number of aromatic nitrogens is 1. The number of amides is 1. The molecule has 6 heteroatoms. The van der Waals surface area contributed by atoms with E-state index in [-0.39, 0.29) is 5.91 Å². The molecule has 1 fully saturated rings. The van der Waals surface area contributed by atoms with Gasteiger partial charge in [0.15, 0.2) is 5.76 Å². The van der Waals surface area contributed by atoms with Gasteiger partial charge in [0.05, 0.1) is 5.69 Å². The topological polar surface area (TPSA) is 67.6 Å². The average Bonchev–Trinajstić information content (AvgIpc) is 3.17. The van der Waals surface area contributed by atoms with Crippen LogP contribution in [0.1, 0.15) is 38.1 Å². The van der Waals surface area contributed by atoms with Gasteiger partial charge in [-0.05, 0) is 63.7 Å². The maximum Gasteiger partial charge on any atom is 0.222 e. The van der Waals surface area contributed by atoms with Crippen LogP contribution in [0.3, 0.4) is 0 Å². The summed E-state index contributed by atoms with van der Waals surface area (Å²) < 4.78 is 11.2. The lowest BCUT2D eigenvalue weighted by molar-refractivity contribution is -0.132. The molecule has 0 saturated carbocycles. The third-order valence-electron chi connectivity index (χ3n) is 5.52. The summed E-state index contributed by atoms with van der Waals surface area (Å²) in [4.78, 5) is 14.5. The summed E-state index contributed by atoms with van der Waals surface area (Å²) in [5, 5.41) is 7.69. The number of hydrogen-bond donors (Lipinski definition) is 1. The van der Waals surface area contributed by atoms with E-state index in [0.29, 0.717) is 24.9 Å². The molecule has 2 aromatic rings. The molecule has 6 nitrogen and oxygen atoms in total. The smallest absolute Gasteiger partial charge is 0.222 e. The Morgan fingerprint density at radius 2 is 2.04 bits per heavy atom. The van der Waals surface area contributed by atoms with Crippen molar-refractivity contribution in [2.45, 2.75) is 39.7 Å². The molecule has 1 aliphatic rings. The zero-order chi connectivity index (χ0) is 19.8. The lowest BCUT2D eigenvalue weighted by atomic mass is 9.81. The number of carbonyl (C=O) groups excluding carboxylic acids is 1. The van der Waals surface area contributed by atoms with Crippen LogP contribution in [0, 0.1) is 11.8 Å². The van der Waals surface area contributed by atoms with Crippen molar-refractivity contribution >= 4 is 5.91 Å². The van der Waals surface area contributed by atoms with E-state index in [1.165, 1.54) is 0 Å². The van der Waals surface area contributed by atoms with Crippen LogP contribution in [-0.2, 0) is 17.8 Å². The van der Waals surface area contributed by atoms with Crippen molar-refractivity contribution in [2.24, 2.45) is 11.8 Å². The van der Waals surface area contributed by atoms with Gasteiger partial charge in [0.2, 0.25) is 5.91 Å². The summed E-state index contributed by atoms with van der Waals surface area (Å²) in [7, 11) is 0. The lowest BCUT2D eigenvalue weighted by Gasteiger charge is -2.32. The highest BCUT2D eigenvalue weighted by Crippen LogP contribution is 2.27. The van der Waals surface area contributed by atoms with Gasteiger partial charge in [-0.2, -0.15) is 0 Å². The first kappa shape index (κ1) is 20.4. The first-order valence-corrected chi connectivity index (χ1v) is 10.3. The predicted molar refractivity (Wildman–Crippen MR) is 108 cm³/mol. The number of hydrogen-bond acceptors (Lipinski definition) is 5. The number of rotatable bonds is 9. The number of carbonyl (C=O) groups is 1. The van der Waals surface area contributed by atoms with E-state index in [9.17, 15) is 4.79 Å². The Balaban J connectivity index is 1.55. The van der Waals surface area contributed by atoms with E-state index < -0.39 is 0 Å². The minimum Gasteiger partial charge on any atom is -0.486 e. The van der Waals surface area contributed by atoms with Crippen molar-refractivity contribution in [2.75, 3.05) is 26.2 Å². The molecule has 1 saturated heterocycles. The number of ether oxygens (including phenoxy) is 1. The largest absolute Gasteiger partial charge is 0.486 e. The zero-order valence-electron chi connectivity index (χ0n) is 16.9. The molecule has 0 radical (unpaired) electrons. The monoisotopic (exact) mass is 385 g/mol. The van der Waals surface area contributed by atoms with E-state index in [4.69, 9.17) is 9.26 Å². The molecular formula is C22H31N3O3. The molecule has 1 amide bonds. The van der Waals surface area contributed by atoms with Crippen molar-refractivity contribution in [3.8, 4) is 5.75 Å². The Kier molecular flexibility index (Phi) is 7.48. The standard InChI is InChI=1S/C22H31N3O3/c1-3-25(4-2)22(26)13-17-10-11-23-15-18(17)12-19-14-21(28-24-19)16-27-20-8-6-5-7-9-20/h5-9,14,17-18,23H,3-4,10-13,15-16H2,1-2H3/t17-,18+/m1/s1. The van der Waals surface area contributed by atoms with E-state index in [1.54, 1.807) is 0 Å². The molecule has 2 atom stereocenters. The molecule has 3 rings (SSSR count). The second-order valence-electron chi connectivity index (χ2n) is 7.37. The molecule has 1 aromatic carbocycles. The van der Waals surface area contributed by atoms with Crippen molar-refractivity contribution < 1.29 is 14.1 Å². The summed E-state index contributed by atoms with van der Waals surface area (Å²) in [5.41, 5.74) is 0.931. The Labute approximate surface area is 167 Å². The molecule has 28 heavy (non-hydrogen) atoms. The number of benzene rings is 1. The summed E-state index contributed by atoms with van der Waals surface area (Å²) in [6, 6.07) is 11.7. The normalized spacial score (nSPS) is 19.4. The maximum atomic E-state index is 12.6. The highest BCUT2D eigenvalue weighted by Gasteiger charge is 2.29. The van der Waals surface area contributed by atoms with Gasteiger partial charge in [-0.15, -0.1) is 0 Å². The minimum atomic E-state index is 0.263. The molecule has 1 aliphatic heterocycles. The van der Waals surface area contributed by atoms with Gasteiger partial charge in [-0.1, -0.05) is 23.4 Å². The summed E-state index contributed by atoms with van der Waals surface area (Å²) >= 11 is 0. The van der Waals surface area contributed by atoms with Crippen LogP contribution in [-0.4, -0.2) is 42.1 Å². The summed E-state index contributed by atoms with van der Waals surface area (Å²) in [6.07, 6.45) is 2.47. The van der Waals surface area contributed by atoms with Gasteiger partial charge in [0.1, 0.15) is 12.4 Å². The molecule has 0 bridgehead atoms. The van der Waals surface area contributed by atoms with Gasteiger partial charge in [-0.3, -0.25) is 4.79 Å². The van der Waals surface area contributed by atoms with Crippen LogP contribution in [0.4, 0.5) is 0 Å². The number of piperidine rings is 1. The zero-order valence-corrected chi connectivity index (χ0v) is 16.9.